The maximum absolute atomic E-state index is 15.3. The molecule has 0 amide bonds. The van der Waals surface area contributed by atoms with E-state index in [0.29, 0.717) is 80.8 Å². The number of nitrogen functional groups attached to an aromatic ring is 2. The number of aromatic nitrogens is 4. The van der Waals surface area contributed by atoms with Crippen LogP contribution in [0.5, 0.6) is 17.2 Å². The predicted molar refractivity (Wildman–Crippen MR) is 167 cm³/mol. The van der Waals surface area contributed by atoms with Gasteiger partial charge in [0.15, 0.2) is 29.4 Å². The number of pyridine rings is 2. The van der Waals surface area contributed by atoms with E-state index >= 15 is 4.39 Å². The number of methoxy groups -OCH3 is 2. The molecule has 0 atom stereocenters. The van der Waals surface area contributed by atoms with E-state index in [1.807, 2.05) is 21.6 Å². The van der Waals surface area contributed by atoms with E-state index < -0.39 is 11.2 Å². The number of carbonyl (C=O) groups is 1. The van der Waals surface area contributed by atoms with Gasteiger partial charge < -0.3 is 35.1 Å². The van der Waals surface area contributed by atoms with Gasteiger partial charge in [0.05, 0.1) is 25.2 Å². The zero-order valence-electron chi connectivity index (χ0n) is 25.2. The van der Waals surface area contributed by atoms with Crippen LogP contribution in [0.1, 0.15) is 40.4 Å². The summed E-state index contributed by atoms with van der Waals surface area (Å²) in [6.07, 6.45) is 5.98. The number of ether oxygens (including phenoxy) is 3. The minimum atomic E-state index is -0.573. The number of benzene rings is 1. The summed E-state index contributed by atoms with van der Waals surface area (Å²) in [4.78, 5) is 40.9. The van der Waals surface area contributed by atoms with Crippen molar-refractivity contribution in [3.8, 4) is 17.2 Å². The Balaban J connectivity index is 1.10. The van der Waals surface area contributed by atoms with Crippen LogP contribution < -0.4 is 36.0 Å². The number of fused-ring (bicyclic) bond motifs is 1. The number of nitrogens with zero attached hydrogens (tertiary/aromatic N) is 6. The van der Waals surface area contributed by atoms with E-state index in [2.05, 4.69) is 19.9 Å². The van der Waals surface area contributed by atoms with Gasteiger partial charge in [-0.05, 0) is 36.6 Å². The maximum Gasteiger partial charge on any atom is 0.221 e. The number of piperazine rings is 1. The highest BCUT2D eigenvalue weighted by Crippen LogP contribution is 2.40. The third-order valence-electron chi connectivity index (χ3n) is 8.19. The quantitative estimate of drug-likeness (QED) is 0.236. The van der Waals surface area contributed by atoms with Gasteiger partial charge in [0.25, 0.3) is 0 Å². The molecule has 0 radical (unpaired) electrons. The molecular formula is C31H35FN8O5. The molecule has 14 heteroatoms. The topological polar surface area (TPSA) is 164 Å². The largest absolute Gasteiger partial charge is 0.493 e. The molecule has 4 aromatic rings. The molecule has 4 N–H and O–H groups in total. The molecule has 1 aliphatic carbocycles. The van der Waals surface area contributed by atoms with Gasteiger partial charge in [-0.1, -0.05) is 0 Å². The van der Waals surface area contributed by atoms with Crippen molar-refractivity contribution in [1.29, 1.82) is 0 Å². The molecule has 1 aliphatic heterocycles. The molecule has 6 rings (SSSR count). The fourth-order valence-electron chi connectivity index (χ4n) is 5.62. The van der Waals surface area contributed by atoms with Crippen LogP contribution in [0, 0.1) is 5.82 Å². The summed E-state index contributed by atoms with van der Waals surface area (Å²) in [7, 11) is 3.13. The van der Waals surface area contributed by atoms with Gasteiger partial charge in [-0.25, -0.2) is 14.4 Å². The number of hydrogen-bond acceptors (Lipinski definition) is 12. The number of rotatable bonds is 11. The summed E-state index contributed by atoms with van der Waals surface area (Å²) in [5.74, 6) is 1.60. The van der Waals surface area contributed by atoms with Gasteiger partial charge in [0.2, 0.25) is 17.1 Å². The minimum absolute atomic E-state index is 0.0174. The van der Waals surface area contributed by atoms with Gasteiger partial charge in [-0.15, -0.1) is 0 Å². The van der Waals surface area contributed by atoms with Crippen LogP contribution in [0.2, 0.25) is 0 Å². The van der Waals surface area contributed by atoms with Crippen molar-refractivity contribution in [2.45, 2.75) is 25.3 Å². The van der Waals surface area contributed by atoms with Crippen LogP contribution in [-0.2, 0) is 6.42 Å². The average molecular weight is 619 g/mol. The Labute approximate surface area is 258 Å². The molecule has 1 aromatic carbocycles. The number of nitrogens with two attached hydrogens (primary N) is 2. The predicted octanol–water partition coefficient (Wildman–Crippen LogP) is 2.45. The molecule has 0 bridgehead atoms. The summed E-state index contributed by atoms with van der Waals surface area (Å²) in [5.41, 5.74) is 13.2. The molecular weight excluding hydrogens is 583 g/mol. The number of halogens is 1. The van der Waals surface area contributed by atoms with Crippen molar-refractivity contribution in [2.24, 2.45) is 0 Å². The van der Waals surface area contributed by atoms with Crippen molar-refractivity contribution in [3.05, 3.63) is 63.3 Å². The second-order valence-corrected chi connectivity index (χ2v) is 11.2. The Morgan fingerprint density at radius 3 is 2.38 bits per heavy atom. The second kappa shape index (κ2) is 12.6. The molecule has 4 heterocycles. The lowest BCUT2D eigenvalue weighted by Crippen LogP contribution is -2.48. The normalized spacial score (nSPS) is 15.3. The van der Waals surface area contributed by atoms with Crippen LogP contribution in [0.15, 0.2) is 35.4 Å². The van der Waals surface area contributed by atoms with Gasteiger partial charge in [0.1, 0.15) is 18.1 Å². The van der Waals surface area contributed by atoms with Crippen molar-refractivity contribution >= 4 is 34.9 Å². The molecule has 1 saturated carbocycles. The first kappa shape index (κ1) is 30.1. The first-order chi connectivity index (χ1) is 21.8. The van der Waals surface area contributed by atoms with Gasteiger partial charge in [-0.2, -0.15) is 4.98 Å². The summed E-state index contributed by atoms with van der Waals surface area (Å²) in [5, 5.41) is 0.130. The highest BCUT2D eigenvalue weighted by molar-refractivity contribution is 5.85. The zero-order chi connectivity index (χ0) is 31.7. The Morgan fingerprint density at radius 1 is 1.04 bits per heavy atom. The smallest absolute Gasteiger partial charge is 0.221 e. The SMILES string of the molecule is COc1cc(Cc2cnc(N)nc2N)cc(OC)c1OCCN1CCN(c2nc3c(cc2F)c(=O)c(C=O)cn3C2CC2)CC1. The number of aldehydes is 1. The Kier molecular flexibility index (Phi) is 8.39. The van der Waals surface area contributed by atoms with Gasteiger partial charge in [0, 0.05) is 63.1 Å². The third-order valence-corrected chi connectivity index (χ3v) is 8.19. The first-order valence-corrected chi connectivity index (χ1v) is 14.7. The lowest BCUT2D eigenvalue weighted by molar-refractivity contribution is 0.112. The summed E-state index contributed by atoms with van der Waals surface area (Å²) in [6, 6.07) is 5.11. The van der Waals surface area contributed by atoms with Crippen LogP contribution in [-0.4, -0.2) is 84.3 Å². The Bertz CT molecular complexity index is 1780. The van der Waals surface area contributed by atoms with E-state index in [-0.39, 0.29) is 28.8 Å². The highest BCUT2D eigenvalue weighted by atomic mass is 19.1. The number of anilines is 3. The minimum Gasteiger partial charge on any atom is -0.493 e. The fraction of sp³-hybridized carbons (Fsp3) is 0.387. The monoisotopic (exact) mass is 618 g/mol. The third kappa shape index (κ3) is 6.18. The van der Waals surface area contributed by atoms with E-state index in [0.717, 1.165) is 24.0 Å². The summed E-state index contributed by atoms with van der Waals surface area (Å²) < 4.78 is 34.5. The maximum atomic E-state index is 15.3. The Morgan fingerprint density at radius 2 is 1.76 bits per heavy atom. The molecule has 45 heavy (non-hydrogen) atoms. The van der Waals surface area contributed by atoms with Crippen molar-refractivity contribution in [1.82, 2.24) is 24.4 Å². The molecule has 3 aromatic heterocycles. The summed E-state index contributed by atoms with van der Waals surface area (Å²) in [6.45, 7) is 3.44. The second-order valence-electron chi connectivity index (χ2n) is 11.2. The highest BCUT2D eigenvalue weighted by Gasteiger charge is 2.28. The van der Waals surface area contributed by atoms with E-state index in [9.17, 15) is 9.59 Å². The van der Waals surface area contributed by atoms with Crippen LogP contribution in [0.3, 0.4) is 0 Å². The van der Waals surface area contributed by atoms with Crippen molar-refractivity contribution in [2.75, 3.05) is 69.9 Å². The molecule has 2 aliphatic rings. The van der Waals surface area contributed by atoms with E-state index in [1.165, 1.54) is 6.07 Å². The molecule has 0 unspecified atom stereocenters. The van der Waals surface area contributed by atoms with Gasteiger partial charge in [-0.3, -0.25) is 14.5 Å². The number of hydrogen-bond donors (Lipinski definition) is 2. The molecule has 236 valence electrons. The molecule has 1 saturated heterocycles. The van der Waals surface area contributed by atoms with Crippen molar-refractivity contribution < 1.29 is 23.4 Å². The lowest BCUT2D eigenvalue weighted by Gasteiger charge is -2.35. The van der Waals surface area contributed by atoms with Crippen molar-refractivity contribution in [3.63, 3.8) is 0 Å². The van der Waals surface area contributed by atoms with Crippen LogP contribution in [0.4, 0.5) is 22.0 Å². The fourth-order valence-corrected chi connectivity index (χ4v) is 5.62. The zero-order valence-corrected chi connectivity index (χ0v) is 25.2. The van der Waals surface area contributed by atoms with Crippen LogP contribution in [0.25, 0.3) is 11.0 Å². The Hall–Kier alpha value is -4.98. The molecule has 0 spiro atoms. The molecule has 13 nitrogen and oxygen atoms in total. The average Bonchev–Trinajstić information content (AvgIpc) is 3.89. The van der Waals surface area contributed by atoms with E-state index in [4.69, 9.17) is 25.7 Å². The van der Waals surface area contributed by atoms with Crippen LogP contribution >= 0.6 is 0 Å². The van der Waals surface area contributed by atoms with E-state index in [1.54, 1.807) is 26.6 Å². The standard InChI is InChI=1S/C31H35FN8O5/c1-43-24-12-18(11-19-15-35-31(34)36-28(19)33)13-25(44-2)27(24)45-10-9-38-5-7-39(8-6-38)30-23(32)14-22-26(42)20(17-41)16-40(21-3-4-21)29(22)37-30/h12-17,21H,3-11H2,1-2H3,(H4,33,34,35,36). The summed E-state index contributed by atoms with van der Waals surface area (Å²) >= 11 is 0. The number of carbonyl (C=O) groups excluding carboxylic acids is 1. The van der Waals surface area contributed by atoms with Gasteiger partial charge >= 0.3 is 0 Å². The first-order valence-electron chi connectivity index (χ1n) is 14.7. The lowest BCUT2D eigenvalue weighted by atomic mass is 10.1. The molecule has 2 fully saturated rings.